The van der Waals surface area contributed by atoms with E-state index in [1.54, 1.807) is 17.0 Å². The van der Waals surface area contributed by atoms with Crippen molar-refractivity contribution in [3.8, 4) is 5.75 Å². The lowest BCUT2D eigenvalue weighted by Crippen LogP contribution is -2.40. The molecule has 0 aromatic heterocycles. The number of halogens is 1. The minimum atomic E-state index is 0.0780. The van der Waals surface area contributed by atoms with Crippen molar-refractivity contribution in [1.29, 1.82) is 0 Å². The zero-order valence-corrected chi connectivity index (χ0v) is 13.2. The molecule has 2 N–H and O–H groups in total. The van der Waals surface area contributed by atoms with Gasteiger partial charge in [-0.3, -0.25) is 4.79 Å². The van der Waals surface area contributed by atoms with Crippen LogP contribution in [0.3, 0.4) is 0 Å². The fourth-order valence-corrected chi connectivity index (χ4v) is 2.83. The molecule has 1 aromatic carbocycles. The van der Waals surface area contributed by atoms with E-state index in [-0.39, 0.29) is 17.9 Å². The molecule has 1 aliphatic carbocycles. The highest BCUT2D eigenvalue weighted by atomic mass is 35.5. The summed E-state index contributed by atoms with van der Waals surface area (Å²) in [5.41, 5.74) is 5.95. The number of ether oxygens (including phenoxy) is 1. The van der Waals surface area contributed by atoms with Gasteiger partial charge in [-0.2, -0.15) is 0 Å². The van der Waals surface area contributed by atoms with Crippen LogP contribution in [0.4, 0.5) is 0 Å². The Kier molecular flexibility index (Phi) is 5.88. The van der Waals surface area contributed by atoms with Crippen LogP contribution in [0.2, 0.25) is 5.02 Å². The molecule has 0 aliphatic heterocycles. The van der Waals surface area contributed by atoms with Gasteiger partial charge in [-0.05, 0) is 43.5 Å². The number of likely N-dealkylation sites (N-methyl/N-ethyl adjacent to an activating group) is 1. The third kappa shape index (κ3) is 4.90. The Morgan fingerprint density at radius 3 is 2.76 bits per heavy atom. The zero-order valence-electron chi connectivity index (χ0n) is 12.4. The number of rotatable bonds is 5. The van der Waals surface area contributed by atoms with Crippen molar-refractivity contribution in [2.45, 2.75) is 31.7 Å². The van der Waals surface area contributed by atoms with Crippen LogP contribution in [0, 0.1) is 5.92 Å². The molecule has 1 aliphatic rings. The summed E-state index contributed by atoms with van der Waals surface area (Å²) in [5, 5.41) is 0.684. The van der Waals surface area contributed by atoms with Gasteiger partial charge in [0.2, 0.25) is 5.91 Å². The molecule has 116 valence electrons. The molecule has 1 fully saturated rings. The van der Waals surface area contributed by atoms with E-state index in [4.69, 9.17) is 22.1 Å². The van der Waals surface area contributed by atoms with Crippen LogP contribution < -0.4 is 10.5 Å². The highest BCUT2D eigenvalue weighted by Gasteiger charge is 2.27. The van der Waals surface area contributed by atoms with Gasteiger partial charge in [0, 0.05) is 24.0 Å². The molecule has 0 spiro atoms. The second-order valence-electron chi connectivity index (χ2n) is 5.69. The minimum absolute atomic E-state index is 0.0780. The largest absolute Gasteiger partial charge is 0.492 e. The average Bonchev–Trinajstić information content (AvgIpc) is 2.48. The van der Waals surface area contributed by atoms with E-state index in [0.29, 0.717) is 18.2 Å². The molecule has 5 heteroatoms. The van der Waals surface area contributed by atoms with Crippen LogP contribution in [0.5, 0.6) is 5.75 Å². The third-order valence-corrected chi connectivity index (χ3v) is 4.20. The molecule has 2 rings (SSSR count). The molecular weight excluding hydrogens is 288 g/mol. The van der Waals surface area contributed by atoms with Gasteiger partial charge in [0.25, 0.3) is 0 Å². The summed E-state index contributed by atoms with van der Waals surface area (Å²) in [7, 11) is 1.83. The molecule has 0 saturated heterocycles. The topological polar surface area (TPSA) is 55.6 Å². The van der Waals surface area contributed by atoms with Crippen LogP contribution in [-0.4, -0.2) is 37.0 Å². The monoisotopic (exact) mass is 310 g/mol. The standard InChI is InChI=1S/C16H23ClN2O2/c1-19(16(20)12-3-2-4-14(18)11-12)9-10-21-15-7-5-13(17)6-8-15/h5-8,12,14H,2-4,9-11,18H2,1H3. The first-order chi connectivity index (χ1) is 10.1. The highest BCUT2D eigenvalue weighted by molar-refractivity contribution is 6.30. The first-order valence-electron chi connectivity index (χ1n) is 7.45. The maximum Gasteiger partial charge on any atom is 0.225 e. The molecule has 21 heavy (non-hydrogen) atoms. The number of benzene rings is 1. The van der Waals surface area contributed by atoms with Crippen LogP contribution in [0.1, 0.15) is 25.7 Å². The molecular formula is C16H23ClN2O2. The van der Waals surface area contributed by atoms with Gasteiger partial charge < -0.3 is 15.4 Å². The molecule has 0 heterocycles. The summed E-state index contributed by atoms with van der Waals surface area (Å²) in [4.78, 5) is 14.1. The predicted molar refractivity (Wildman–Crippen MR) is 84.5 cm³/mol. The molecule has 2 atom stereocenters. The molecule has 1 amide bonds. The Balaban J connectivity index is 1.74. The van der Waals surface area contributed by atoms with E-state index >= 15 is 0 Å². The van der Waals surface area contributed by atoms with Crippen molar-refractivity contribution >= 4 is 17.5 Å². The van der Waals surface area contributed by atoms with Gasteiger partial charge in [0.15, 0.2) is 0 Å². The number of amides is 1. The first kappa shape index (κ1) is 16.1. The molecule has 2 unspecified atom stereocenters. The van der Waals surface area contributed by atoms with Crippen molar-refractivity contribution in [3.63, 3.8) is 0 Å². The number of carbonyl (C=O) groups excluding carboxylic acids is 1. The molecule has 0 radical (unpaired) electrons. The van der Waals surface area contributed by atoms with Crippen molar-refractivity contribution in [2.75, 3.05) is 20.2 Å². The van der Waals surface area contributed by atoms with E-state index < -0.39 is 0 Å². The Hall–Kier alpha value is -1.26. The fourth-order valence-electron chi connectivity index (χ4n) is 2.70. The van der Waals surface area contributed by atoms with Crippen LogP contribution in [0.15, 0.2) is 24.3 Å². The molecule has 1 aromatic rings. The Morgan fingerprint density at radius 2 is 2.10 bits per heavy atom. The van der Waals surface area contributed by atoms with Gasteiger partial charge in [0.1, 0.15) is 12.4 Å². The lowest BCUT2D eigenvalue weighted by Gasteiger charge is -2.29. The third-order valence-electron chi connectivity index (χ3n) is 3.95. The summed E-state index contributed by atoms with van der Waals surface area (Å²) >= 11 is 5.82. The lowest BCUT2D eigenvalue weighted by molar-refractivity contribution is -0.135. The van der Waals surface area contributed by atoms with Gasteiger partial charge in [-0.25, -0.2) is 0 Å². The summed E-state index contributed by atoms with van der Waals surface area (Å²) in [6.07, 6.45) is 3.84. The second-order valence-corrected chi connectivity index (χ2v) is 6.12. The summed E-state index contributed by atoms with van der Waals surface area (Å²) in [6.45, 7) is 1.05. The van der Waals surface area contributed by atoms with Gasteiger partial charge in [0.05, 0.1) is 6.54 Å². The average molecular weight is 311 g/mol. The number of hydrogen-bond donors (Lipinski definition) is 1. The van der Waals surface area contributed by atoms with Crippen molar-refractivity contribution < 1.29 is 9.53 Å². The van der Waals surface area contributed by atoms with Crippen LogP contribution >= 0.6 is 11.6 Å². The van der Waals surface area contributed by atoms with E-state index in [1.165, 1.54) is 0 Å². The van der Waals surface area contributed by atoms with E-state index in [9.17, 15) is 4.79 Å². The summed E-state index contributed by atoms with van der Waals surface area (Å²) < 4.78 is 5.61. The first-order valence-corrected chi connectivity index (χ1v) is 7.83. The highest BCUT2D eigenvalue weighted by Crippen LogP contribution is 2.24. The molecule has 1 saturated carbocycles. The lowest BCUT2D eigenvalue weighted by atomic mass is 9.85. The van der Waals surface area contributed by atoms with Gasteiger partial charge >= 0.3 is 0 Å². The number of nitrogens with zero attached hydrogens (tertiary/aromatic N) is 1. The SMILES string of the molecule is CN(CCOc1ccc(Cl)cc1)C(=O)C1CCCC(N)C1. The Morgan fingerprint density at radius 1 is 1.38 bits per heavy atom. The maximum absolute atomic E-state index is 12.3. The summed E-state index contributed by atoms with van der Waals surface area (Å²) in [6, 6.07) is 7.39. The molecule has 4 nitrogen and oxygen atoms in total. The quantitative estimate of drug-likeness (QED) is 0.909. The summed E-state index contributed by atoms with van der Waals surface area (Å²) in [5.74, 6) is 1.03. The maximum atomic E-state index is 12.3. The van der Waals surface area contributed by atoms with Crippen LogP contribution in [0.25, 0.3) is 0 Å². The van der Waals surface area contributed by atoms with Crippen molar-refractivity contribution in [1.82, 2.24) is 4.90 Å². The Labute approximate surface area is 131 Å². The molecule has 0 bridgehead atoms. The normalized spacial score (nSPS) is 21.9. The number of hydrogen-bond acceptors (Lipinski definition) is 3. The Bertz CT molecular complexity index is 464. The van der Waals surface area contributed by atoms with Gasteiger partial charge in [-0.15, -0.1) is 0 Å². The van der Waals surface area contributed by atoms with Crippen LogP contribution in [-0.2, 0) is 4.79 Å². The van der Waals surface area contributed by atoms with Crippen molar-refractivity contribution in [2.24, 2.45) is 11.7 Å². The van der Waals surface area contributed by atoms with Crippen molar-refractivity contribution in [3.05, 3.63) is 29.3 Å². The zero-order chi connectivity index (χ0) is 15.2. The predicted octanol–water partition coefficient (Wildman–Crippen LogP) is 2.69. The minimum Gasteiger partial charge on any atom is -0.492 e. The number of carbonyl (C=O) groups is 1. The second kappa shape index (κ2) is 7.66. The van der Waals surface area contributed by atoms with Gasteiger partial charge in [-0.1, -0.05) is 18.0 Å². The number of nitrogens with two attached hydrogens (primary N) is 1. The van der Waals surface area contributed by atoms with E-state index in [1.807, 2.05) is 19.2 Å². The van der Waals surface area contributed by atoms with E-state index in [2.05, 4.69) is 0 Å². The van der Waals surface area contributed by atoms with E-state index in [0.717, 1.165) is 31.4 Å². The fraction of sp³-hybridized carbons (Fsp3) is 0.562. The smallest absolute Gasteiger partial charge is 0.225 e.